The number of rotatable bonds is 22. The third kappa shape index (κ3) is 10.8. The summed E-state index contributed by atoms with van der Waals surface area (Å²) in [5.74, 6) is 2.26. The number of fused-ring (bicyclic) bond motifs is 5. The molecule has 4 fully saturated rings. The number of amides is 2. The first kappa shape index (κ1) is 40.9. The van der Waals surface area contributed by atoms with Gasteiger partial charge in [0.05, 0.1) is 18.3 Å². The lowest BCUT2D eigenvalue weighted by atomic mass is 9.43. The molecule has 286 valence electrons. The zero-order chi connectivity index (χ0) is 35.3. The summed E-state index contributed by atoms with van der Waals surface area (Å²) in [6, 6.07) is -0.0384. The molecule has 4 saturated carbocycles. The highest BCUT2D eigenvalue weighted by Gasteiger charge is 2.65. The van der Waals surface area contributed by atoms with E-state index in [2.05, 4.69) is 38.3 Å². The Bertz CT molecular complexity index is 947. The van der Waals surface area contributed by atoms with E-state index in [4.69, 9.17) is 0 Å². The molecule has 0 bridgehead atoms. The second-order valence-electron chi connectivity index (χ2n) is 18.1. The van der Waals surface area contributed by atoms with Crippen LogP contribution in [0.5, 0.6) is 0 Å². The van der Waals surface area contributed by atoms with E-state index in [-0.39, 0.29) is 41.1 Å². The second kappa shape index (κ2) is 20.4. The second-order valence-corrected chi connectivity index (χ2v) is 18.1. The van der Waals surface area contributed by atoms with Crippen LogP contribution in [0.1, 0.15) is 188 Å². The number of nitrogens with one attached hydrogen (secondary N) is 2. The fourth-order valence-electron chi connectivity index (χ4n) is 11.9. The molecule has 0 aromatic heterocycles. The average molecular weight is 689 g/mol. The first-order valence-corrected chi connectivity index (χ1v) is 21.7. The molecular formula is C43H80N2O4. The van der Waals surface area contributed by atoms with Gasteiger partial charge < -0.3 is 26.0 Å². The van der Waals surface area contributed by atoms with Gasteiger partial charge in [0.25, 0.3) is 0 Å². The molecule has 0 unspecified atom stereocenters. The van der Waals surface area contributed by atoms with Crippen molar-refractivity contribution in [2.75, 3.05) is 13.1 Å². The Labute approximate surface area is 302 Å². The number of aliphatic hydroxyl groups excluding tert-OH is 3. The van der Waals surface area contributed by atoms with Crippen molar-refractivity contribution in [1.82, 2.24) is 10.6 Å². The van der Waals surface area contributed by atoms with Crippen LogP contribution >= 0.6 is 0 Å². The number of carbonyl (C=O) groups excluding carboxylic acids is 1. The maximum absolute atomic E-state index is 12.4. The van der Waals surface area contributed by atoms with E-state index in [9.17, 15) is 20.1 Å². The SMILES string of the molecule is CCCCCCCCCCCCCCCCCCNC(=O)NCCC[C@@H](C)[C@H]1CC[C@H]2[C@@H]3[C@H](O)C[C@@H]4C[C@H](O)CC[C@]4(C)[C@H]3C[C@H](O)[C@]12C. The van der Waals surface area contributed by atoms with E-state index in [0.29, 0.717) is 36.1 Å². The Morgan fingerprint density at radius 3 is 1.84 bits per heavy atom. The molecular weight excluding hydrogens is 608 g/mol. The van der Waals surface area contributed by atoms with Crippen LogP contribution in [0.4, 0.5) is 4.79 Å². The third-order valence-corrected chi connectivity index (χ3v) is 15.0. The number of carbonyl (C=O) groups is 1. The molecule has 6 heteroatoms. The van der Waals surface area contributed by atoms with Gasteiger partial charge in [0.15, 0.2) is 0 Å². The Kier molecular flexibility index (Phi) is 17.0. The zero-order valence-corrected chi connectivity index (χ0v) is 32.5. The first-order chi connectivity index (χ1) is 23.6. The maximum Gasteiger partial charge on any atom is 0.314 e. The molecule has 6 nitrogen and oxygen atoms in total. The number of urea groups is 1. The number of hydrogen-bond donors (Lipinski definition) is 5. The van der Waals surface area contributed by atoms with Crippen molar-refractivity contribution < 1.29 is 20.1 Å². The predicted octanol–water partition coefficient (Wildman–Crippen LogP) is 9.92. The largest absolute Gasteiger partial charge is 0.393 e. The van der Waals surface area contributed by atoms with Crippen LogP contribution in [0.2, 0.25) is 0 Å². The van der Waals surface area contributed by atoms with Gasteiger partial charge >= 0.3 is 6.03 Å². The van der Waals surface area contributed by atoms with Crippen LogP contribution in [0, 0.1) is 46.3 Å². The van der Waals surface area contributed by atoms with E-state index >= 15 is 0 Å². The summed E-state index contributed by atoms with van der Waals surface area (Å²) in [6.07, 6.45) is 29.4. The van der Waals surface area contributed by atoms with Gasteiger partial charge in [-0.2, -0.15) is 0 Å². The molecule has 0 heterocycles. The third-order valence-electron chi connectivity index (χ3n) is 15.0. The topological polar surface area (TPSA) is 102 Å². The fourth-order valence-corrected chi connectivity index (χ4v) is 11.9. The van der Waals surface area contributed by atoms with Gasteiger partial charge in [0.2, 0.25) is 0 Å². The van der Waals surface area contributed by atoms with Crippen molar-refractivity contribution in [1.29, 1.82) is 0 Å². The quantitative estimate of drug-likeness (QED) is 0.0731. The van der Waals surface area contributed by atoms with Gasteiger partial charge in [-0.1, -0.05) is 124 Å². The minimum atomic E-state index is -0.336. The Morgan fingerprint density at radius 1 is 0.694 bits per heavy atom. The van der Waals surface area contributed by atoms with Crippen LogP contribution in [-0.2, 0) is 0 Å². The molecule has 0 aromatic rings. The molecule has 4 rings (SSSR count). The number of aliphatic hydroxyl groups is 3. The Balaban J connectivity index is 1.03. The van der Waals surface area contributed by atoms with Crippen LogP contribution in [0.15, 0.2) is 0 Å². The van der Waals surface area contributed by atoms with Gasteiger partial charge in [-0.15, -0.1) is 0 Å². The van der Waals surface area contributed by atoms with Crippen LogP contribution in [-0.4, -0.2) is 52.8 Å². The number of hydrogen-bond acceptors (Lipinski definition) is 4. The molecule has 0 radical (unpaired) electrons. The molecule has 4 aliphatic rings. The molecule has 0 aromatic carbocycles. The molecule has 5 N–H and O–H groups in total. The lowest BCUT2D eigenvalue weighted by Crippen LogP contribution is -2.62. The molecule has 0 saturated heterocycles. The standard InChI is InChI=1S/C43H80N2O4/c1-5-6-7-8-9-10-11-12-13-14-15-16-17-18-19-20-27-44-41(49)45-28-21-22-32(2)35-23-24-36-40-37(31-39(48)43(35,36)4)42(3)26-25-34(46)29-33(42)30-38(40)47/h32-40,46-48H,5-31H2,1-4H3,(H2,44,45,49)/t32-,33+,34-,35-,36+,37+,38-,39+,40+,42+,43-/m1/s1. The summed E-state index contributed by atoms with van der Waals surface area (Å²) in [5, 5.41) is 39.9. The molecule has 4 aliphatic carbocycles. The summed E-state index contributed by atoms with van der Waals surface area (Å²) < 4.78 is 0. The van der Waals surface area contributed by atoms with Crippen molar-refractivity contribution in [3.8, 4) is 0 Å². The summed E-state index contributed by atoms with van der Waals surface area (Å²) in [4.78, 5) is 12.4. The lowest BCUT2D eigenvalue weighted by Gasteiger charge is -2.63. The van der Waals surface area contributed by atoms with Crippen molar-refractivity contribution in [2.24, 2.45) is 46.3 Å². The van der Waals surface area contributed by atoms with Crippen LogP contribution in [0.25, 0.3) is 0 Å². The van der Waals surface area contributed by atoms with E-state index in [0.717, 1.165) is 70.8 Å². The number of unbranched alkanes of at least 4 members (excludes halogenated alkanes) is 15. The normalized spacial score (nSPS) is 36.1. The van der Waals surface area contributed by atoms with Crippen molar-refractivity contribution in [2.45, 2.75) is 207 Å². The van der Waals surface area contributed by atoms with Gasteiger partial charge in [0, 0.05) is 13.1 Å². The van der Waals surface area contributed by atoms with Crippen molar-refractivity contribution in [3.05, 3.63) is 0 Å². The van der Waals surface area contributed by atoms with Gasteiger partial charge in [-0.05, 0) is 111 Å². The first-order valence-electron chi connectivity index (χ1n) is 21.7. The van der Waals surface area contributed by atoms with Crippen LogP contribution in [0.3, 0.4) is 0 Å². The summed E-state index contributed by atoms with van der Waals surface area (Å²) in [5.41, 5.74) is -0.0377. The summed E-state index contributed by atoms with van der Waals surface area (Å²) in [6.45, 7) is 10.8. The maximum atomic E-state index is 12.4. The Morgan fingerprint density at radius 2 is 1.24 bits per heavy atom. The average Bonchev–Trinajstić information content (AvgIpc) is 3.44. The van der Waals surface area contributed by atoms with E-state index in [1.807, 2.05) is 0 Å². The summed E-state index contributed by atoms with van der Waals surface area (Å²) >= 11 is 0. The molecule has 0 aliphatic heterocycles. The van der Waals surface area contributed by atoms with E-state index in [1.54, 1.807) is 0 Å². The molecule has 11 atom stereocenters. The van der Waals surface area contributed by atoms with Gasteiger partial charge in [-0.3, -0.25) is 0 Å². The lowest BCUT2D eigenvalue weighted by molar-refractivity contribution is -0.207. The monoisotopic (exact) mass is 689 g/mol. The summed E-state index contributed by atoms with van der Waals surface area (Å²) in [7, 11) is 0. The van der Waals surface area contributed by atoms with Crippen molar-refractivity contribution in [3.63, 3.8) is 0 Å². The van der Waals surface area contributed by atoms with Gasteiger partial charge in [0.1, 0.15) is 0 Å². The van der Waals surface area contributed by atoms with E-state index in [1.165, 1.54) is 96.3 Å². The highest BCUT2D eigenvalue weighted by Crippen LogP contribution is 2.68. The van der Waals surface area contributed by atoms with Crippen molar-refractivity contribution >= 4 is 6.03 Å². The van der Waals surface area contributed by atoms with E-state index < -0.39 is 0 Å². The fraction of sp³-hybridized carbons (Fsp3) is 0.977. The molecule has 0 spiro atoms. The predicted molar refractivity (Wildman–Crippen MR) is 203 cm³/mol. The minimum absolute atomic E-state index is 0.0384. The smallest absolute Gasteiger partial charge is 0.314 e. The molecule has 2 amide bonds. The molecule has 49 heavy (non-hydrogen) atoms. The highest BCUT2D eigenvalue weighted by atomic mass is 16.3. The Hall–Kier alpha value is -0.850. The van der Waals surface area contributed by atoms with Crippen LogP contribution < -0.4 is 10.6 Å². The zero-order valence-electron chi connectivity index (χ0n) is 32.5. The van der Waals surface area contributed by atoms with Gasteiger partial charge in [-0.25, -0.2) is 4.79 Å². The minimum Gasteiger partial charge on any atom is -0.393 e. The highest BCUT2D eigenvalue weighted by molar-refractivity contribution is 5.73.